The Hall–Kier alpha value is -1.09. The predicted molar refractivity (Wildman–Crippen MR) is 68.1 cm³/mol. The third-order valence-electron chi connectivity index (χ3n) is 1.96. The van der Waals surface area contributed by atoms with Gasteiger partial charge in [-0.2, -0.15) is 0 Å². The smallest absolute Gasteiger partial charge is 0.269 e. The molecular weight excluding hydrogens is 224 g/mol. The van der Waals surface area contributed by atoms with E-state index in [1.165, 1.54) is 0 Å². The van der Waals surface area contributed by atoms with E-state index in [-0.39, 0.29) is 5.91 Å². The first kappa shape index (κ1) is 14.9. The molecule has 0 saturated carbocycles. The monoisotopic (exact) mass is 242 g/mol. The number of hydrogen-bond acceptors (Lipinski definition) is 2. The molecule has 1 N–H and O–H groups in total. The molecule has 4 heteroatoms. The van der Waals surface area contributed by atoms with E-state index in [4.69, 9.17) is 11.6 Å². The highest BCUT2D eigenvalue weighted by Gasteiger charge is 2.10. The zero-order valence-electron chi connectivity index (χ0n) is 10.5. The SMILES string of the molecule is CC.CNC(=O)c1cc(Cl)c(C(C)C)cn1. The number of nitrogens with one attached hydrogen (secondary N) is 1. The van der Waals surface area contributed by atoms with Gasteiger partial charge < -0.3 is 5.32 Å². The van der Waals surface area contributed by atoms with Crippen LogP contribution < -0.4 is 5.32 Å². The molecule has 0 bridgehead atoms. The molecule has 0 fully saturated rings. The lowest BCUT2D eigenvalue weighted by Crippen LogP contribution is -2.19. The number of aromatic nitrogens is 1. The summed E-state index contributed by atoms with van der Waals surface area (Å²) in [5.74, 6) is 0.0935. The number of carbonyl (C=O) groups excluding carboxylic acids is 1. The van der Waals surface area contributed by atoms with E-state index < -0.39 is 0 Å². The second-order valence-corrected chi connectivity index (χ2v) is 3.73. The highest BCUT2D eigenvalue weighted by atomic mass is 35.5. The topological polar surface area (TPSA) is 42.0 Å². The van der Waals surface area contributed by atoms with Crippen molar-refractivity contribution in [1.29, 1.82) is 0 Å². The summed E-state index contributed by atoms with van der Waals surface area (Å²) in [5.41, 5.74) is 1.31. The summed E-state index contributed by atoms with van der Waals surface area (Å²) in [6.45, 7) is 8.06. The van der Waals surface area contributed by atoms with Crippen LogP contribution in [0.3, 0.4) is 0 Å². The molecule has 0 aromatic carbocycles. The van der Waals surface area contributed by atoms with Gasteiger partial charge in [-0.3, -0.25) is 9.78 Å². The van der Waals surface area contributed by atoms with Crippen molar-refractivity contribution >= 4 is 17.5 Å². The summed E-state index contributed by atoms with van der Waals surface area (Å²) in [6.07, 6.45) is 1.65. The Kier molecular flexibility index (Phi) is 6.74. The Morgan fingerprint density at radius 3 is 2.38 bits per heavy atom. The summed E-state index contributed by atoms with van der Waals surface area (Å²) < 4.78 is 0. The average Bonchev–Trinajstić information content (AvgIpc) is 2.30. The van der Waals surface area contributed by atoms with Crippen LogP contribution in [0.1, 0.15) is 49.7 Å². The second-order valence-electron chi connectivity index (χ2n) is 3.32. The van der Waals surface area contributed by atoms with Crippen LogP contribution in [0.5, 0.6) is 0 Å². The largest absolute Gasteiger partial charge is 0.354 e. The fourth-order valence-electron chi connectivity index (χ4n) is 1.12. The highest BCUT2D eigenvalue weighted by molar-refractivity contribution is 6.31. The average molecular weight is 243 g/mol. The molecule has 1 aromatic rings. The maximum absolute atomic E-state index is 11.2. The number of hydrogen-bond donors (Lipinski definition) is 1. The summed E-state index contributed by atoms with van der Waals surface area (Å²) in [5, 5.41) is 3.09. The summed E-state index contributed by atoms with van der Waals surface area (Å²) >= 11 is 6.01. The molecule has 1 rings (SSSR count). The summed E-state index contributed by atoms with van der Waals surface area (Å²) in [4.78, 5) is 15.2. The number of amides is 1. The fourth-order valence-corrected chi connectivity index (χ4v) is 1.49. The molecule has 1 aromatic heterocycles. The first-order valence-electron chi connectivity index (χ1n) is 5.43. The van der Waals surface area contributed by atoms with Gasteiger partial charge in [0, 0.05) is 18.3 Å². The van der Waals surface area contributed by atoms with Crippen LogP contribution in [0.25, 0.3) is 0 Å². The molecule has 0 aliphatic heterocycles. The first-order chi connectivity index (χ1) is 7.56. The van der Waals surface area contributed by atoms with Crippen molar-refractivity contribution in [2.75, 3.05) is 7.05 Å². The van der Waals surface area contributed by atoms with Crippen molar-refractivity contribution in [3.63, 3.8) is 0 Å². The second kappa shape index (κ2) is 7.23. The Morgan fingerprint density at radius 1 is 1.44 bits per heavy atom. The minimum absolute atomic E-state index is 0.220. The Balaban J connectivity index is 0.00000106. The number of carbonyl (C=O) groups is 1. The molecule has 0 aliphatic rings. The van der Waals surface area contributed by atoms with Crippen LogP contribution in [-0.4, -0.2) is 17.9 Å². The van der Waals surface area contributed by atoms with Crippen LogP contribution in [0.2, 0.25) is 5.02 Å². The van der Waals surface area contributed by atoms with E-state index in [1.807, 2.05) is 27.7 Å². The Labute approximate surface area is 102 Å². The zero-order chi connectivity index (χ0) is 12.7. The van der Waals surface area contributed by atoms with Gasteiger partial charge in [0.2, 0.25) is 0 Å². The molecule has 0 aliphatic carbocycles. The maximum atomic E-state index is 11.2. The van der Waals surface area contributed by atoms with Gasteiger partial charge in [0.1, 0.15) is 5.69 Å². The van der Waals surface area contributed by atoms with Gasteiger partial charge >= 0.3 is 0 Å². The molecule has 0 saturated heterocycles. The van der Waals surface area contributed by atoms with Gasteiger partial charge in [-0.1, -0.05) is 39.3 Å². The third-order valence-corrected chi connectivity index (χ3v) is 2.29. The molecular formula is C12H19ClN2O. The van der Waals surface area contributed by atoms with Crippen LogP contribution in [0.4, 0.5) is 0 Å². The summed E-state index contributed by atoms with van der Waals surface area (Å²) in [6, 6.07) is 1.59. The van der Waals surface area contributed by atoms with Crippen LogP contribution in [0, 0.1) is 0 Å². The number of pyridine rings is 1. The quantitative estimate of drug-likeness (QED) is 0.865. The van der Waals surface area contributed by atoms with Crippen molar-refractivity contribution < 1.29 is 4.79 Å². The first-order valence-corrected chi connectivity index (χ1v) is 5.81. The van der Waals surface area contributed by atoms with E-state index in [1.54, 1.807) is 19.3 Å². The van der Waals surface area contributed by atoms with E-state index in [2.05, 4.69) is 10.3 Å². The standard InChI is InChI=1S/C10H13ClN2O.C2H6/c1-6(2)7-5-13-9(4-8(7)11)10(14)12-3;1-2/h4-6H,1-3H3,(H,12,14);1-2H3. The number of nitrogens with zero attached hydrogens (tertiary/aromatic N) is 1. The molecule has 0 radical (unpaired) electrons. The van der Waals surface area contributed by atoms with Crippen LogP contribution in [-0.2, 0) is 0 Å². The lowest BCUT2D eigenvalue weighted by Gasteiger charge is -2.08. The highest BCUT2D eigenvalue weighted by Crippen LogP contribution is 2.23. The van der Waals surface area contributed by atoms with Gasteiger partial charge in [-0.25, -0.2) is 0 Å². The van der Waals surface area contributed by atoms with Crippen molar-refractivity contribution in [2.24, 2.45) is 0 Å². The van der Waals surface area contributed by atoms with E-state index in [9.17, 15) is 4.79 Å². The Bertz CT molecular complexity index is 351. The molecule has 0 unspecified atom stereocenters. The van der Waals surface area contributed by atoms with Crippen molar-refractivity contribution in [3.8, 4) is 0 Å². The number of rotatable bonds is 2. The van der Waals surface area contributed by atoms with Crippen LogP contribution in [0.15, 0.2) is 12.3 Å². The summed E-state index contributed by atoms with van der Waals surface area (Å²) in [7, 11) is 1.56. The molecule has 16 heavy (non-hydrogen) atoms. The van der Waals surface area contributed by atoms with Gasteiger partial charge in [-0.05, 0) is 17.5 Å². The maximum Gasteiger partial charge on any atom is 0.269 e. The third kappa shape index (κ3) is 3.81. The van der Waals surface area contributed by atoms with Gasteiger partial charge in [0.05, 0.1) is 0 Å². The fraction of sp³-hybridized carbons (Fsp3) is 0.500. The molecule has 0 atom stereocenters. The van der Waals surface area contributed by atoms with E-state index in [0.29, 0.717) is 16.6 Å². The van der Waals surface area contributed by atoms with Crippen molar-refractivity contribution in [1.82, 2.24) is 10.3 Å². The lowest BCUT2D eigenvalue weighted by molar-refractivity contribution is 0.0958. The predicted octanol–water partition coefficient (Wildman–Crippen LogP) is 3.24. The van der Waals surface area contributed by atoms with Crippen LogP contribution >= 0.6 is 11.6 Å². The normalized spacial score (nSPS) is 9.44. The minimum Gasteiger partial charge on any atom is -0.354 e. The van der Waals surface area contributed by atoms with E-state index >= 15 is 0 Å². The van der Waals surface area contributed by atoms with E-state index in [0.717, 1.165) is 5.56 Å². The molecule has 3 nitrogen and oxygen atoms in total. The molecule has 0 spiro atoms. The lowest BCUT2D eigenvalue weighted by atomic mass is 10.1. The van der Waals surface area contributed by atoms with Gasteiger partial charge in [0.25, 0.3) is 5.91 Å². The Morgan fingerprint density at radius 2 is 2.00 bits per heavy atom. The molecule has 1 heterocycles. The van der Waals surface area contributed by atoms with Crippen molar-refractivity contribution in [2.45, 2.75) is 33.6 Å². The minimum atomic E-state index is -0.220. The van der Waals surface area contributed by atoms with Gasteiger partial charge in [-0.15, -0.1) is 0 Å². The van der Waals surface area contributed by atoms with Gasteiger partial charge in [0.15, 0.2) is 0 Å². The zero-order valence-corrected chi connectivity index (χ0v) is 11.2. The number of halogens is 1. The molecule has 90 valence electrons. The molecule has 1 amide bonds. The van der Waals surface area contributed by atoms with Crippen molar-refractivity contribution in [3.05, 3.63) is 28.5 Å².